The average molecular weight is 664 g/mol. The topological polar surface area (TPSA) is 134 Å². The van der Waals surface area contributed by atoms with Crippen LogP contribution in [0.2, 0.25) is 0 Å². The summed E-state index contributed by atoms with van der Waals surface area (Å²) in [6.07, 6.45) is 6.47. The monoisotopic (exact) mass is 663 g/mol. The lowest BCUT2D eigenvalue weighted by atomic mass is 9.96. The lowest BCUT2D eigenvalue weighted by Gasteiger charge is -2.24. The van der Waals surface area contributed by atoms with E-state index in [1.165, 1.54) is 0 Å². The highest BCUT2D eigenvalue weighted by Crippen LogP contribution is 2.40. The van der Waals surface area contributed by atoms with Crippen LogP contribution in [0.15, 0.2) is 56.9 Å². The van der Waals surface area contributed by atoms with Crippen molar-refractivity contribution in [1.82, 2.24) is 15.0 Å². The van der Waals surface area contributed by atoms with Gasteiger partial charge in [-0.25, -0.2) is 8.42 Å². The number of carbonyl (C=O) groups is 2. The predicted octanol–water partition coefficient (Wildman–Crippen LogP) is 6.00. The van der Waals surface area contributed by atoms with Crippen molar-refractivity contribution in [3.63, 3.8) is 0 Å². The van der Waals surface area contributed by atoms with Crippen LogP contribution in [0.25, 0.3) is 11.1 Å². The fraction of sp³-hybridized carbons (Fsp3) is 0.486. The van der Waals surface area contributed by atoms with Crippen LogP contribution in [0.1, 0.15) is 80.7 Å². The predicted molar refractivity (Wildman–Crippen MR) is 180 cm³/mol. The van der Waals surface area contributed by atoms with Crippen LogP contribution in [-0.2, 0) is 37.4 Å². The van der Waals surface area contributed by atoms with E-state index in [1.54, 1.807) is 57.2 Å². The number of sulfonamides is 1. The largest absolute Gasteiger partial charge is 0.384 e. The van der Waals surface area contributed by atoms with Crippen LogP contribution >= 0.6 is 0 Å². The van der Waals surface area contributed by atoms with Crippen molar-refractivity contribution < 1.29 is 27.3 Å². The molecule has 1 fully saturated rings. The molecule has 47 heavy (non-hydrogen) atoms. The van der Waals surface area contributed by atoms with E-state index in [4.69, 9.17) is 14.3 Å². The zero-order valence-electron chi connectivity index (χ0n) is 28.0. The van der Waals surface area contributed by atoms with Gasteiger partial charge >= 0.3 is 0 Å². The Balaban J connectivity index is 1.53. The number of amidine groups is 1. The Kier molecular flexibility index (Phi) is 10.5. The third-order valence-corrected chi connectivity index (χ3v) is 10.6. The molecule has 5 rings (SSSR count). The molecule has 1 aromatic heterocycles. The summed E-state index contributed by atoms with van der Waals surface area (Å²) >= 11 is 0. The van der Waals surface area contributed by atoms with Crippen molar-refractivity contribution in [1.29, 1.82) is 0 Å². The third kappa shape index (κ3) is 7.28. The van der Waals surface area contributed by atoms with Gasteiger partial charge in [0.05, 0.1) is 24.5 Å². The molecule has 0 unspecified atom stereocenters. The van der Waals surface area contributed by atoms with E-state index in [9.17, 15) is 18.0 Å². The molecule has 2 amide bonds. The maximum atomic E-state index is 13.8. The number of unbranched alkanes of at least 4 members (excludes halogenated alkanes) is 1. The lowest BCUT2D eigenvalue weighted by Crippen LogP contribution is -2.40. The van der Waals surface area contributed by atoms with Gasteiger partial charge in [-0.15, -0.1) is 0 Å². The molecule has 0 bridgehead atoms. The number of nitrogens with one attached hydrogen (secondary N) is 1. The van der Waals surface area contributed by atoms with E-state index in [2.05, 4.69) is 16.8 Å². The van der Waals surface area contributed by atoms with E-state index in [0.717, 1.165) is 61.9 Å². The molecule has 2 aliphatic rings. The standard InChI is InChI=1S/C35H45N5O6S/c1-6-7-14-31-36-35(18-10-11-19-35)34(42)40(31)22-26-15-16-28(27(21-26)23-39(4)32(41)17-20-45-5)29-12-8-9-13-30(29)47(43,44)38-33-24(2)25(3)46-37-33/h8-9,12-13,15-16,21H,6-7,10-11,14,17-20,22-23H2,1-5H3,(H,37,38). The van der Waals surface area contributed by atoms with Crippen molar-refractivity contribution >= 4 is 33.5 Å². The highest BCUT2D eigenvalue weighted by Gasteiger charge is 2.49. The average Bonchev–Trinajstić information content (AvgIpc) is 3.73. The van der Waals surface area contributed by atoms with Gasteiger partial charge < -0.3 is 14.2 Å². The first-order valence-electron chi connectivity index (χ1n) is 16.3. The maximum absolute atomic E-state index is 13.8. The number of nitrogens with zero attached hydrogens (tertiary/aromatic N) is 4. The van der Waals surface area contributed by atoms with E-state index in [0.29, 0.717) is 35.6 Å². The molecule has 11 nitrogen and oxygen atoms in total. The second kappa shape index (κ2) is 14.4. The Morgan fingerprint density at radius 2 is 1.87 bits per heavy atom. The van der Waals surface area contributed by atoms with Gasteiger partial charge in [0.25, 0.3) is 15.9 Å². The quantitative estimate of drug-likeness (QED) is 0.224. The van der Waals surface area contributed by atoms with E-state index < -0.39 is 15.6 Å². The Labute approximate surface area is 277 Å². The van der Waals surface area contributed by atoms with Gasteiger partial charge in [-0.05, 0) is 55.9 Å². The molecule has 0 atom stereocenters. The van der Waals surface area contributed by atoms with Crippen molar-refractivity contribution in [3.05, 3.63) is 64.9 Å². The van der Waals surface area contributed by atoms with Crippen molar-refractivity contribution in [2.75, 3.05) is 25.5 Å². The summed E-state index contributed by atoms with van der Waals surface area (Å²) in [6.45, 7) is 6.45. The number of benzene rings is 2. The molecule has 1 N–H and O–H groups in total. The summed E-state index contributed by atoms with van der Waals surface area (Å²) < 4.78 is 40.4. The molecule has 12 heteroatoms. The number of aromatic nitrogens is 1. The van der Waals surface area contributed by atoms with Crippen LogP contribution in [0.4, 0.5) is 5.82 Å². The second-order valence-corrected chi connectivity index (χ2v) is 14.2. The third-order valence-electron chi connectivity index (χ3n) is 9.20. The molecule has 252 valence electrons. The minimum Gasteiger partial charge on any atom is -0.384 e. The zero-order valence-corrected chi connectivity index (χ0v) is 28.8. The lowest BCUT2D eigenvalue weighted by molar-refractivity contribution is -0.132. The number of hydrogen-bond acceptors (Lipinski definition) is 8. The summed E-state index contributed by atoms with van der Waals surface area (Å²) in [6, 6.07) is 12.5. The number of ether oxygens (including phenoxy) is 1. The smallest absolute Gasteiger partial charge is 0.263 e. The van der Waals surface area contributed by atoms with Crippen LogP contribution < -0.4 is 4.72 Å². The normalized spacial score (nSPS) is 15.8. The first-order valence-corrected chi connectivity index (χ1v) is 17.8. The van der Waals surface area contributed by atoms with Crippen LogP contribution in [0.3, 0.4) is 0 Å². The minimum atomic E-state index is -4.08. The molecule has 0 radical (unpaired) electrons. The number of hydrogen-bond donors (Lipinski definition) is 1. The molecule has 1 aliphatic heterocycles. The highest BCUT2D eigenvalue weighted by molar-refractivity contribution is 7.92. The Bertz CT molecular complexity index is 1760. The van der Waals surface area contributed by atoms with Gasteiger partial charge in [-0.3, -0.25) is 24.2 Å². The van der Waals surface area contributed by atoms with Gasteiger partial charge in [0.15, 0.2) is 5.82 Å². The fourth-order valence-corrected chi connectivity index (χ4v) is 7.64. The number of carbonyl (C=O) groups excluding carboxylic acids is 2. The van der Waals surface area contributed by atoms with Crippen LogP contribution in [-0.4, -0.2) is 67.3 Å². The molecule has 0 saturated heterocycles. The van der Waals surface area contributed by atoms with Crippen LogP contribution in [0, 0.1) is 13.8 Å². The molecule has 1 saturated carbocycles. The number of aliphatic imine (C=N–C) groups is 1. The van der Waals surface area contributed by atoms with Gasteiger partial charge in [0, 0.05) is 38.2 Å². The maximum Gasteiger partial charge on any atom is 0.263 e. The summed E-state index contributed by atoms with van der Waals surface area (Å²) in [5.41, 5.74) is 2.73. The van der Waals surface area contributed by atoms with Crippen molar-refractivity contribution in [2.45, 2.75) is 95.7 Å². The van der Waals surface area contributed by atoms with E-state index in [1.807, 2.05) is 23.1 Å². The SMILES string of the molecule is CCCCC1=NC2(CCCC2)C(=O)N1Cc1ccc(-c2ccccc2S(=O)(=O)Nc2noc(C)c2C)c(CN(C)C(=O)CCOC)c1. The summed E-state index contributed by atoms with van der Waals surface area (Å²) in [7, 11) is -0.807. The van der Waals surface area contributed by atoms with Gasteiger partial charge in [0.2, 0.25) is 5.91 Å². The number of anilines is 1. The molecule has 1 spiro atoms. The minimum absolute atomic E-state index is 0.0642. The first-order chi connectivity index (χ1) is 22.5. The second-order valence-electron chi connectivity index (χ2n) is 12.6. The van der Waals surface area contributed by atoms with Gasteiger partial charge in [-0.1, -0.05) is 67.7 Å². The summed E-state index contributed by atoms with van der Waals surface area (Å²) in [5, 5.41) is 3.89. The van der Waals surface area contributed by atoms with Crippen LogP contribution in [0.5, 0.6) is 0 Å². The van der Waals surface area contributed by atoms with Crippen molar-refractivity contribution in [2.24, 2.45) is 4.99 Å². The number of aryl methyl sites for hydroxylation is 1. The summed E-state index contributed by atoms with van der Waals surface area (Å²) in [4.78, 5) is 35.4. The molecule has 1 aliphatic carbocycles. The molecule has 2 heterocycles. The Morgan fingerprint density at radius 3 is 2.55 bits per heavy atom. The fourth-order valence-electron chi connectivity index (χ4n) is 6.36. The molecule has 2 aromatic carbocycles. The molecular formula is C35H45N5O6S. The van der Waals surface area contributed by atoms with Gasteiger partial charge in [0.1, 0.15) is 17.1 Å². The summed E-state index contributed by atoms with van der Waals surface area (Å²) in [5.74, 6) is 1.46. The number of rotatable bonds is 14. The van der Waals surface area contributed by atoms with E-state index >= 15 is 0 Å². The highest BCUT2D eigenvalue weighted by atomic mass is 32.2. The Hall–Kier alpha value is -4.03. The number of amides is 2. The van der Waals surface area contributed by atoms with Crippen molar-refractivity contribution in [3.8, 4) is 11.1 Å². The number of methoxy groups -OCH3 is 1. The zero-order chi connectivity index (χ0) is 33.8. The molecular weight excluding hydrogens is 618 g/mol. The Morgan fingerprint density at radius 1 is 1.13 bits per heavy atom. The van der Waals surface area contributed by atoms with Gasteiger partial charge in [-0.2, -0.15) is 0 Å². The van der Waals surface area contributed by atoms with E-state index in [-0.39, 0.29) is 35.5 Å². The molecule has 3 aromatic rings. The first kappa shape index (κ1) is 34.3.